The normalized spacial score (nSPS) is 10.7. The topological polar surface area (TPSA) is 63.3 Å². The van der Waals surface area contributed by atoms with Crippen LogP contribution in [0.5, 0.6) is 11.5 Å². The Morgan fingerprint density at radius 2 is 1.92 bits per heavy atom. The van der Waals surface area contributed by atoms with Gasteiger partial charge in [-0.3, -0.25) is 4.79 Å². The van der Waals surface area contributed by atoms with Crippen LogP contribution in [0.4, 0.5) is 0 Å². The van der Waals surface area contributed by atoms with E-state index in [0.717, 1.165) is 22.2 Å². The number of para-hydroxylation sites is 1. The summed E-state index contributed by atoms with van der Waals surface area (Å²) in [6.07, 6.45) is 0. The summed E-state index contributed by atoms with van der Waals surface area (Å²) in [7, 11) is 3.19. The van der Waals surface area contributed by atoms with Crippen molar-refractivity contribution >= 4 is 16.8 Å². The molecule has 0 saturated heterocycles. The van der Waals surface area contributed by atoms with E-state index in [1.165, 1.54) is 5.56 Å². The van der Waals surface area contributed by atoms with Crippen molar-refractivity contribution in [2.24, 2.45) is 0 Å². The first-order valence-corrected chi connectivity index (χ1v) is 8.12. The largest absolute Gasteiger partial charge is 0.493 e. The van der Waals surface area contributed by atoms with Crippen LogP contribution in [0.15, 0.2) is 36.4 Å². The smallest absolute Gasteiger partial charge is 0.251 e. The lowest BCUT2D eigenvalue weighted by atomic mass is 10.1. The van der Waals surface area contributed by atoms with E-state index in [1.54, 1.807) is 14.2 Å². The predicted octanol–water partition coefficient (Wildman–Crippen LogP) is 3.73. The Bertz CT molecular complexity index is 928. The molecule has 0 atom stereocenters. The first-order valence-electron chi connectivity index (χ1n) is 8.12. The van der Waals surface area contributed by atoms with E-state index in [-0.39, 0.29) is 5.91 Å². The van der Waals surface area contributed by atoms with Crippen molar-refractivity contribution in [3.05, 3.63) is 58.8 Å². The molecule has 3 rings (SSSR count). The van der Waals surface area contributed by atoms with Crippen LogP contribution in [0.2, 0.25) is 0 Å². The number of amides is 1. The number of carbonyl (C=O) groups excluding carboxylic acids is 1. The summed E-state index contributed by atoms with van der Waals surface area (Å²) in [5.41, 5.74) is 4.83. The van der Waals surface area contributed by atoms with E-state index < -0.39 is 0 Å². The van der Waals surface area contributed by atoms with E-state index in [0.29, 0.717) is 23.6 Å². The van der Waals surface area contributed by atoms with Crippen LogP contribution in [0.1, 0.15) is 27.2 Å². The molecule has 0 unspecified atom stereocenters. The zero-order chi connectivity index (χ0) is 18.0. The van der Waals surface area contributed by atoms with Gasteiger partial charge in [0.2, 0.25) is 0 Å². The van der Waals surface area contributed by atoms with Crippen molar-refractivity contribution in [3.8, 4) is 11.5 Å². The van der Waals surface area contributed by atoms with Crippen LogP contribution in [0, 0.1) is 13.8 Å². The van der Waals surface area contributed by atoms with Gasteiger partial charge in [0.25, 0.3) is 5.91 Å². The molecule has 3 aromatic rings. The van der Waals surface area contributed by atoms with E-state index >= 15 is 0 Å². The number of nitrogens with one attached hydrogen (secondary N) is 2. The molecule has 0 spiro atoms. The van der Waals surface area contributed by atoms with Crippen molar-refractivity contribution in [1.82, 2.24) is 10.3 Å². The van der Waals surface area contributed by atoms with Crippen molar-refractivity contribution in [1.29, 1.82) is 0 Å². The molecule has 5 nitrogen and oxygen atoms in total. The Morgan fingerprint density at radius 3 is 2.64 bits per heavy atom. The Morgan fingerprint density at radius 1 is 1.12 bits per heavy atom. The minimum absolute atomic E-state index is 0.120. The predicted molar refractivity (Wildman–Crippen MR) is 98.5 cm³/mol. The molecule has 2 aromatic carbocycles. The molecule has 0 radical (unpaired) electrons. The minimum Gasteiger partial charge on any atom is -0.493 e. The van der Waals surface area contributed by atoms with Gasteiger partial charge in [-0.05, 0) is 43.7 Å². The summed E-state index contributed by atoms with van der Waals surface area (Å²) in [5.74, 6) is 1.16. The van der Waals surface area contributed by atoms with Gasteiger partial charge in [-0.2, -0.15) is 0 Å². The molecule has 1 heterocycles. The number of hydrogen-bond acceptors (Lipinski definition) is 3. The standard InChI is InChI=1S/C20H22N2O3/c1-12-13(2)22-17-9-8-14(10-16(12)17)20(23)21-11-15-6-5-7-18(24-3)19(15)25-4/h5-10,22H,11H2,1-4H3,(H,21,23). The van der Waals surface area contributed by atoms with E-state index in [1.807, 2.05) is 43.3 Å². The maximum atomic E-state index is 12.5. The van der Waals surface area contributed by atoms with Gasteiger partial charge in [0.1, 0.15) is 0 Å². The maximum Gasteiger partial charge on any atom is 0.251 e. The molecule has 0 aliphatic heterocycles. The summed E-state index contributed by atoms with van der Waals surface area (Å²) in [5, 5.41) is 4.02. The Balaban J connectivity index is 1.80. The van der Waals surface area contributed by atoms with Crippen LogP contribution in [0.3, 0.4) is 0 Å². The number of aryl methyl sites for hydroxylation is 2. The molecule has 0 bridgehead atoms. The molecular formula is C20H22N2O3. The Hall–Kier alpha value is -2.95. The number of rotatable bonds is 5. The maximum absolute atomic E-state index is 12.5. The average molecular weight is 338 g/mol. The Kier molecular flexibility index (Phi) is 4.65. The van der Waals surface area contributed by atoms with Crippen molar-refractivity contribution in [2.45, 2.75) is 20.4 Å². The van der Waals surface area contributed by atoms with Crippen LogP contribution in [-0.4, -0.2) is 25.1 Å². The third-order valence-electron chi connectivity index (χ3n) is 4.49. The fraction of sp³-hybridized carbons (Fsp3) is 0.250. The summed E-state index contributed by atoms with van der Waals surface area (Å²) in [6, 6.07) is 11.3. The summed E-state index contributed by atoms with van der Waals surface area (Å²) in [4.78, 5) is 15.9. The summed E-state index contributed by atoms with van der Waals surface area (Å²) < 4.78 is 10.7. The van der Waals surface area contributed by atoms with Crippen LogP contribution < -0.4 is 14.8 Å². The third-order valence-corrected chi connectivity index (χ3v) is 4.49. The number of fused-ring (bicyclic) bond motifs is 1. The fourth-order valence-corrected chi connectivity index (χ4v) is 2.97. The second kappa shape index (κ2) is 6.89. The lowest BCUT2D eigenvalue weighted by Crippen LogP contribution is -2.23. The second-order valence-electron chi connectivity index (χ2n) is 5.97. The average Bonchev–Trinajstić information content (AvgIpc) is 2.92. The zero-order valence-electron chi connectivity index (χ0n) is 14.9. The molecular weight excluding hydrogens is 316 g/mol. The van der Waals surface area contributed by atoms with Gasteiger partial charge in [0, 0.05) is 34.3 Å². The number of benzene rings is 2. The number of aromatic amines is 1. The monoisotopic (exact) mass is 338 g/mol. The second-order valence-corrected chi connectivity index (χ2v) is 5.97. The molecule has 2 N–H and O–H groups in total. The van der Waals surface area contributed by atoms with Gasteiger partial charge >= 0.3 is 0 Å². The van der Waals surface area contributed by atoms with E-state index in [9.17, 15) is 4.79 Å². The first-order chi connectivity index (χ1) is 12.0. The highest BCUT2D eigenvalue weighted by atomic mass is 16.5. The van der Waals surface area contributed by atoms with Gasteiger partial charge < -0.3 is 19.8 Å². The SMILES string of the molecule is COc1cccc(CNC(=O)c2ccc3[nH]c(C)c(C)c3c2)c1OC. The quantitative estimate of drug-likeness (QED) is 0.745. The number of carbonyl (C=O) groups is 1. The van der Waals surface area contributed by atoms with Gasteiger partial charge in [-0.1, -0.05) is 12.1 Å². The highest BCUT2D eigenvalue weighted by molar-refractivity contribution is 5.99. The number of hydrogen-bond donors (Lipinski definition) is 2. The molecule has 5 heteroatoms. The number of aromatic nitrogens is 1. The van der Waals surface area contributed by atoms with Crippen molar-refractivity contribution in [3.63, 3.8) is 0 Å². The van der Waals surface area contributed by atoms with E-state index in [2.05, 4.69) is 17.2 Å². The molecule has 25 heavy (non-hydrogen) atoms. The van der Waals surface area contributed by atoms with Crippen molar-refractivity contribution < 1.29 is 14.3 Å². The number of methoxy groups -OCH3 is 2. The molecule has 1 amide bonds. The lowest BCUT2D eigenvalue weighted by molar-refractivity contribution is 0.0950. The molecule has 0 fully saturated rings. The molecule has 0 aliphatic carbocycles. The highest BCUT2D eigenvalue weighted by Crippen LogP contribution is 2.30. The third kappa shape index (κ3) is 3.18. The van der Waals surface area contributed by atoms with Gasteiger partial charge in [-0.15, -0.1) is 0 Å². The highest BCUT2D eigenvalue weighted by Gasteiger charge is 2.13. The fourth-order valence-electron chi connectivity index (χ4n) is 2.97. The number of ether oxygens (including phenoxy) is 2. The summed E-state index contributed by atoms with van der Waals surface area (Å²) in [6.45, 7) is 4.45. The van der Waals surface area contributed by atoms with Crippen LogP contribution in [-0.2, 0) is 6.54 Å². The molecule has 0 aliphatic rings. The van der Waals surface area contributed by atoms with Crippen LogP contribution in [0.25, 0.3) is 10.9 Å². The molecule has 1 aromatic heterocycles. The molecule has 130 valence electrons. The minimum atomic E-state index is -0.120. The van der Waals surface area contributed by atoms with E-state index in [4.69, 9.17) is 9.47 Å². The van der Waals surface area contributed by atoms with Crippen molar-refractivity contribution in [2.75, 3.05) is 14.2 Å². The molecule has 0 saturated carbocycles. The Labute approximate surface area is 147 Å². The zero-order valence-corrected chi connectivity index (χ0v) is 14.9. The van der Waals surface area contributed by atoms with Crippen LogP contribution >= 0.6 is 0 Å². The van der Waals surface area contributed by atoms with Gasteiger partial charge in [0.05, 0.1) is 14.2 Å². The summed E-state index contributed by atoms with van der Waals surface area (Å²) >= 11 is 0. The number of H-pyrrole nitrogens is 1. The lowest BCUT2D eigenvalue weighted by Gasteiger charge is -2.13. The first kappa shape index (κ1) is 16.9. The van der Waals surface area contributed by atoms with Gasteiger partial charge in [-0.25, -0.2) is 0 Å². The van der Waals surface area contributed by atoms with Gasteiger partial charge in [0.15, 0.2) is 11.5 Å².